The van der Waals surface area contributed by atoms with E-state index >= 15 is 0 Å². The number of pyridine rings is 1. The van der Waals surface area contributed by atoms with Crippen molar-refractivity contribution in [2.75, 3.05) is 52.8 Å². The van der Waals surface area contributed by atoms with Gasteiger partial charge in [0.1, 0.15) is 5.75 Å². The molecule has 13 heteroatoms. The van der Waals surface area contributed by atoms with Gasteiger partial charge in [-0.1, -0.05) is 83.4 Å². The molecule has 1 aliphatic heterocycles. The summed E-state index contributed by atoms with van der Waals surface area (Å²) in [5, 5.41) is 10.5. The summed E-state index contributed by atoms with van der Waals surface area (Å²) in [5.74, 6) is 2.00. The number of aliphatic hydroxyl groups excluding tert-OH is 1. The first-order valence-electron chi connectivity index (χ1n) is 19.2. The van der Waals surface area contributed by atoms with Gasteiger partial charge in [0.25, 0.3) is 0 Å². The van der Waals surface area contributed by atoms with Crippen molar-refractivity contribution in [2.45, 2.75) is 109 Å². The van der Waals surface area contributed by atoms with Crippen molar-refractivity contribution >= 4 is 24.5 Å². The number of aromatic nitrogens is 1. The highest BCUT2D eigenvalue weighted by Gasteiger charge is 2.35. The molecule has 2 heterocycles. The molecule has 0 unspecified atom stereocenters. The number of carbonyl (C=O) groups excluding carboxylic acids is 1. The van der Waals surface area contributed by atoms with Crippen molar-refractivity contribution in [3.05, 3.63) is 48.2 Å². The van der Waals surface area contributed by atoms with Gasteiger partial charge in [-0.3, -0.25) is 4.79 Å². The fourth-order valence-corrected chi connectivity index (χ4v) is 6.99. The molecule has 3 aliphatic rings. The van der Waals surface area contributed by atoms with Gasteiger partial charge in [-0.2, -0.15) is 0 Å². The summed E-state index contributed by atoms with van der Waals surface area (Å²) in [4.78, 5) is 25.0. The van der Waals surface area contributed by atoms with Crippen LogP contribution in [0.15, 0.2) is 47.6 Å². The van der Waals surface area contributed by atoms with Gasteiger partial charge >= 0.3 is 6.92 Å². The molecule has 282 valence electrons. The van der Waals surface area contributed by atoms with Crippen LogP contribution in [-0.4, -0.2) is 97.7 Å². The molecule has 2 fully saturated rings. The number of rotatable bonds is 20. The average molecular weight is 710 g/mol. The van der Waals surface area contributed by atoms with Crippen LogP contribution in [0.4, 0.5) is 5.69 Å². The molecule has 0 radical (unpaired) electrons. The summed E-state index contributed by atoms with van der Waals surface area (Å²) >= 11 is 0. The number of aliphatic hydroxyl groups is 1. The number of aliphatic imine (C=N–C) groups is 1. The van der Waals surface area contributed by atoms with Crippen LogP contribution in [0.5, 0.6) is 11.6 Å². The Morgan fingerprint density at radius 1 is 0.922 bits per heavy atom. The van der Waals surface area contributed by atoms with Crippen LogP contribution in [0.2, 0.25) is 12.1 Å². The van der Waals surface area contributed by atoms with Crippen molar-refractivity contribution in [1.29, 1.82) is 0 Å². The molecule has 3 N–H and O–H groups in total. The van der Waals surface area contributed by atoms with E-state index in [2.05, 4.69) is 14.9 Å². The Hall–Kier alpha value is -3.23. The van der Waals surface area contributed by atoms with Gasteiger partial charge in [-0.15, -0.1) is 0 Å². The number of hydrogen-bond donors (Lipinski definition) is 2. The second-order valence-corrected chi connectivity index (χ2v) is 13.1. The Kier molecular flexibility index (Phi) is 18.6. The van der Waals surface area contributed by atoms with Gasteiger partial charge in [0.05, 0.1) is 64.7 Å². The quantitative estimate of drug-likeness (QED) is 0.115. The Morgan fingerprint density at radius 2 is 1.57 bits per heavy atom. The van der Waals surface area contributed by atoms with Crippen LogP contribution in [0.1, 0.15) is 90.0 Å². The number of carbonyl (C=O) groups is 1. The van der Waals surface area contributed by atoms with E-state index < -0.39 is 0 Å². The van der Waals surface area contributed by atoms with Crippen LogP contribution in [-0.2, 0) is 30.3 Å². The molecule has 12 nitrogen and oxygen atoms in total. The number of ether oxygens (including phenoxy) is 4. The third kappa shape index (κ3) is 13.7. The highest BCUT2D eigenvalue weighted by Crippen LogP contribution is 2.36. The minimum absolute atomic E-state index is 0.00932. The first-order chi connectivity index (χ1) is 25.1. The van der Waals surface area contributed by atoms with Crippen molar-refractivity contribution < 1.29 is 33.6 Å². The maximum Gasteiger partial charge on any atom is 0.334 e. The predicted octanol–water partition coefficient (Wildman–Crippen LogP) is 6.51. The Morgan fingerprint density at radius 3 is 2.25 bits per heavy atom. The lowest BCUT2D eigenvalue weighted by Gasteiger charge is -2.36. The van der Waals surface area contributed by atoms with E-state index in [1.54, 1.807) is 11.3 Å². The zero-order valence-electron chi connectivity index (χ0n) is 30.9. The highest BCUT2D eigenvalue weighted by molar-refractivity contribution is 6.54. The molecule has 1 aromatic heterocycles. The van der Waals surface area contributed by atoms with Gasteiger partial charge < -0.3 is 39.4 Å². The summed E-state index contributed by atoms with van der Waals surface area (Å²) < 4.78 is 29.3. The largest absolute Gasteiger partial charge is 0.439 e. The molecular weight excluding hydrogens is 649 g/mol. The maximum atomic E-state index is 13.9. The number of hydrogen-bond acceptors (Lipinski definition) is 11. The third-order valence-corrected chi connectivity index (χ3v) is 9.58. The summed E-state index contributed by atoms with van der Waals surface area (Å²) in [6, 6.07) is 11.7. The van der Waals surface area contributed by atoms with Gasteiger partial charge in [-0.25, -0.2) is 15.0 Å². The maximum absolute atomic E-state index is 13.9. The Labute approximate surface area is 305 Å². The number of nitrogens with zero attached hydrogens (tertiary/aromatic N) is 4. The van der Waals surface area contributed by atoms with E-state index in [1.807, 2.05) is 50.2 Å². The summed E-state index contributed by atoms with van der Waals surface area (Å²) in [7, 11) is 0. The SMILES string of the molecule is CC.NC1=Nc2cnc(Oc3ccccc3)cc2CN1OB(CCC(=O)N(CCOCCOCCOCCO)C1CCCCC1)C1CCCCC1. The number of guanidine groups is 1. The summed E-state index contributed by atoms with van der Waals surface area (Å²) in [6.45, 7) is 7.47. The van der Waals surface area contributed by atoms with Crippen molar-refractivity contribution in [1.82, 2.24) is 14.9 Å². The number of para-hydroxylation sites is 1. The van der Waals surface area contributed by atoms with E-state index in [0.717, 1.165) is 44.1 Å². The number of hydroxylamine groups is 2. The number of fused-ring (bicyclic) bond motifs is 1. The highest BCUT2D eigenvalue weighted by atomic mass is 16.6. The van der Waals surface area contributed by atoms with Crippen molar-refractivity contribution in [2.24, 2.45) is 10.7 Å². The lowest BCUT2D eigenvalue weighted by Crippen LogP contribution is -2.46. The number of benzene rings is 1. The van der Waals surface area contributed by atoms with Gasteiger partial charge in [0, 0.05) is 30.6 Å². The van der Waals surface area contributed by atoms with Gasteiger partial charge in [0.2, 0.25) is 17.7 Å². The summed E-state index contributed by atoms with van der Waals surface area (Å²) in [5.41, 5.74) is 8.05. The lowest BCUT2D eigenvalue weighted by atomic mass is 9.49. The number of amides is 1. The van der Waals surface area contributed by atoms with Crippen LogP contribution < -0.4 is 10.5 Å². The second-order valence-electron chi connectivity index (χ2n) is 13.1. The molecule has 2 aromatic rings. The molecule has 51 heavy (non-hydrogen) atoms. The van der Waals surface area contributed by atoms with Gasteiger partial charge in [0.15, 0.2) is 0 Å². The fraction of sp³-hybridized carbons (Fsp3) is 0.658. The first-order valence-corrected chi connectivity index (χ1v) is 19.2. The first kappa shape index (κ1) is 40.5. The lowest BCUT2D eigenvalue weighted by molar-refractivity contribution is -0.135. The van der Waals surface area contributed by atoms with E-state index in [-0.39, 0.29) is 25.5 Å². The standard InChI is InChI=1S/C36H54BN5O7.C2H6/c38-36-40-33-27-39-34(48-32-14-8-3-9-15-32)26-29(33)28-42(36)49-37(30-10-4-1-5-11-30)17-16-35(44)41(31-12-6-2-7-13-31)18-20-45-22-24-47-25-23-46-21-19-43;1-2/h3,8-9,14-15,26-27,30-31,43H,1-2,4-7,10-13,16-25,28H2,(H2,38,40);1-2H3. The normalized spacial score (nSPS) is 16.5. The smallest absolute Gasteiger partial charge is 0.334 e. The monoisotopic (exact) mass is 709 g/mol. The van der Waals surface area contributed by atoms with Crippen LogP contribution in [0.3, 0.4) is 0 Å². The van der Waals surface area contributed by atoms with Crippen LogP contribution in [0, 0.1) is 0 Å². The van der Waals surface area contributed by atoms with Gasteiger partial charge in [-0.05, 0) is 37.1 Å². The topological polar surface area (TPSA) is 141 Å². The zero-order valence-corrected chi connectivity index (χ0v) is 30.9. The van der Waals surface area contributed by atoms with Crippen molar-refractivity contribution in [3.8, 4) is 11.6 Å². The van der Waals surface area contributed by atoms with E-state index in [4.69, 9.17) is 34.5 Å². The van der Waals surface area contributed by atoms with E-state index in [1.165, 1.54) is 25.7 Å². The molecule has 5 rings (SSSR count). The van der Waals surface area contributed by atoms with Crippen molar-refractivity contribution in [3.63, 3.8) is 0 Å². The van der Waals surface area contributed by atoms with Crippen LogP contribution >= 0.6 is 0 Å². The zero-order chi connectivity index (χ0) is 36.1. The Bertz CT molecular complexity index is 1290. The predicted molar refractivity (Wildman–Crippen MR) is 200 cm³/mol. The minimum Gasteiger partial charge on any atom is -0.439 e. The molecule has 0 saturated heterocycles. The molecule has 2 saturated carbocycles. The molecule has 1 aromatic carbocycles. The second kappa shape index (κ2) is 23.4. The molecule has 2 aliphatic carbocycles. The number of nitrogens with two attached hydrogens (primary N) is 1. The van der Waals surface area contributed by atoms with E-state index in [0.29, 0.717) is 94.6 Å². The molecule has 1 amide bonds. The Balaban J connectivity index is 0.00000286. The molecular formula is C38H60BN5O7. The molecule has 0 bridgehead atoms. The average Bonchev–Trinajstić information content (AvgIpc) is 3.17. The molecule has 0 spiro atoms. The summed E-state index contributed by atoms with van der Waals surface area (Å²) in [6.07, 6.45) is 14.0. The van der Waals surface area contributed by atoms with E-state index in [9.17, 15) is 4.79 Å². The fourth-order valence-electron chi connectivity index (χ4n) is 6.99. The molecule has 0 atom stereocenters. The third-order valence-electron chi connectivity index (χ3n) is 9.58. The van der Waals surface area contributed by atoms with Crippen LogP contribution in [0.25, 0.3) is 0 Å². The minimum atomic E-state index is -0.149.